The summed E-state index contributed by atoms with van der Waals surface area (Å²) < 4.78 is 1.99. The van der Waals surface area contributed by atoms with Gasteiger partial charge in [0.1, 0.15) is 5.52 Å². The van der Waals surface area contributed by atoms with Gasteiger partial charge in [0.05, 0.1) is 11.4 Å². The van der Waals surface area contributed by atoms with E-state index < -0.39 is 17.3 Å². The Kier molecular flexibility index (Phi) is 7.14. The van der Waals surface area contributed by atoms with Crippen LogP contribution < -0.4 is 0 Å². The highest BCUT2D eigenvalue weighted by Gasteiger charge is 2.41. The summed E-state index contributed by atoms with van der Waals surface area (Å²) in [5.74, 6) is -1.51. The second-order valence-corrected chi connectivity index (χ2v) is 12.0. The lowest BCUT2D eigenvalue weighted by atomic mass is 9.66. The zero-order chi connectivity index (χ0) is 28.7. The van der Waals surface area contributed by atoms with Crippen LogP contribution in [0.5, 0.6) is 0 Å². The van der Waals surface area contributed by atoms with Crippen LogP contribution in [0.4, 0.5) is 0 Å². The van der Waals surface area contributed by atoms with E-state index in [0.29, 0.717) is 18.7 Å². The summed E-state index contributed by atoms with van der Waals surface area (Å²) in [7, 11) is 0. The number of hydrogen-bond donors (Lipinski definition) is 1. The molecule has 5 aliphatic rings. The van der Waals surface area contributed by atoms with Crippen LogP contribution in [0.2, 0.25) is 0 Å². The Hall–Kier alpha value is -4.00. The number of carboxylic acids is 1. The lowest BCUT2D eigenvalue weighted by molar-refractivity contribution is -0.142. The van der Waals surface area contributed by atoms with Crippen LogP contribution in [-0.4, -0.2) is 43.4 Å². The third-order valence-electron chi connectivity index (χ3n) is 9.63. The molecule has 41 heavy (non-hydrogen) atoms. The number of aryl methyl sites for hydroxylation is 3. The number of aromatic nitrogens is 3. The van der Waals surface area contributed by atoms with Crippen molar-refractivity contribution < 1.29 is 14.7 Å². The van der Waals surface area contributed by atoms with E-state index in [-0.39, 0.29) is 5.91 Å². The number of nitrogens with zero attached hydrogens (tertiary/aromatic N) is 4. The molecule has 9 bridgehead atoms. The maximum Gasteiger partial charge on any atom is 0.307 e. The van der Waals surface area contributed by atoms with Crippen molar-refractivity contribution in [2.45, 2.75) is 77.8 Å². The minimum Gasteiger partial charge on any atom is -0.481 e. The second kappa shape index (κ2) is 10.8. The number of hydrogen-bond acceptors (Lipinski definition) is 4. The molecule has 0 saturated carbocycles. The number of carbonyl (C=O) groups excluding carboxylic acids is 1. The summed E-state index contributed by atoms with van der Waals surface area (Å²) in [5.41, 5.74) is 8.10. The molecule has 2 atom stereocenters. The van der Waals surface area contributed by atoms with Crippen molar-refractivity contribution in [1.82, 2.24) is 19.9 Å². The largest absolute Gasteiger partial charge is 0.481 e. The first-order valence-corrected chi connectivity index (χ1v) is 14.8. The van der Waals surface area contributed by atoms with Crippen molar-refractivity contribution in [1.29, 1.82) is 0 Å². The summed E-state index contributed by atoms with van der Waals surface area (Å²) in [5, 5.41) is 19.3. The molecule has 4 aromatic rings. The van der Waals surface area contributed by atoms with Gasteiger partial charge in [-0.1, -0.05) is 68.3 Å². The van der Waals surface area contributed by atoms with E-state index in [0.717, 1.165) is 78.4 Å². The summed E-state index contributed by atoms with van der Waals surface area (Å²) in [4.78, 5) is 28.0. The van der Waals surface area contributed by atoms with E-state index in [2.05, 4.69) is 52.8 Å². The van der Waals surface area contributed by atoms with Gasteiger partial charge in [0, 0.05) is 30.6 Å². The number of carboxylic acid groups (broad SMARTS) is 1. The quantitative estimate of drug-likeness (QED) is 0.327. The maximum atomic E-state index is 13.5. The van der Waals surface area contributed by atoms with Crippen LogP contribution >= 0.6 is 0 Å². The Morgan fingerprint density at radius 3 is 2.51 bits per heavy atom. The molecule has 6 heterocycles. The lowest BCUT2D eigenvalue weighted by Crippen LogP contribution is -2.39. The Morgan fingerprint density at radius 2 is 1.73 bits per heavy atom. The highest BCUT2D eigenvalue weighted by molar-refractivity contribution is 5.94. The van der Waals surface area contributed by atoms with Gasteiger partial charge in [-0.25, -0.2) is 4.68 Å². The molecule has 1 aromatic heterocycles. The van der Waals surface area contributed by atoms with Crippen molar-refractivity contribution in [3.8, 4) is 0 Å². The number of aliphatic carboxylic acids is 1. The third-order valence-corrected chi connectivity index (χ3v) is 9.63. The van der Waals surface area contributed by atoms with E-state index in [1.165, 1.54) is 11.1 Å². The monoisotopic (exact) mass is 550 g/mol. The Labute approximate surface area is 241 Å². The van der Waals surface area contributed by atoms with Gasteiger partial charge < -0.3 is 10.0 Å². The first kappa shape index (κ1) is 27.2. The highest BCUT2D eigenvalue weighted by atomic mass is 16.4. The second-order valence-electron chi connectivity index (χ2n) is 12.0. The molecule has 7 nitrogen and oxygen atoms in total. The van der Waals surface area contributed by atoms with Crippen LogP contribution in [0.15, 0.2) is 54.6 Å². The first-order chi connectivity index (χ1) is 19.8. The highest BCUT2D eigenvalue weighted by Crippen LogP contribution is 2.43. The van der Waals surface area contributed by atoms with E-state index in [4.69, 9.17) is 0 Å². The average molecular weight is 551 g/mol. The molecular weight excluding hydrogens is 512 g/mol. The predicted molar refractivity (Wildman–Crippen MR) is 159 cm³/mol. The molecule has 3 aromatic carbocycles. The van der Waals surface area contributed by atoms with Gasteiger partial charge in [0.25, 0.3) is 5.91 Å². The first-order valence-electron chi connectivity index (χ1n) is 14.8. The molecule has 0 radical (unpaired) electrons. The zero-order valence-corrected chi connectivity index (χ0v) is 24.2. The van der Waals surface area contributed by atoms with Crippen molar-refractivity contribution in [3.05, 3.63) is 93.5 Å². The van der Waals surface area contributed by atoms with Gasteiger partial charge in [-0.3, -0.25) is 9.59 Å². The van der Waals surface area contributed by atoms with E-state index in [1.54, 1.807) is 6.92 Å². The van der Waals surface area contributed by atoms with E-state index in [1.807, 2.05) is 35.6 Å². The number of carbonyl (C=O) groups is 2. The molecule has 5 aliphatic heterocycles. The predicted octanol–water partition coefficient (Wildman–Crippen LogP) is 6.08. The van der Waals surface area contributed by atoms with Crippen molar-refractivity contribution in [2.75, 3.05) is 6.54 Å². The van der Waals surface area contributed by atoms with Gasteiger partial charge in [-0.2, -0.15) is 0 Å². The lowest BCUT2D eigenvalue weighted by Gasteiger charge is -2.37. The van der Waals surface area contributed by atoms with Crippen LogP contribution in [0.1, 0.15) is 83.3 Å². The summed E-state index contributed by atoms with van der Waals surface area (Å²) in [6.45, 7) is 7.82. The Balaban J connectivity index is 1.47. The molecule has 0 saturated heterocycles. The van der Waals surface area contributed by atoms with Gasteiger partial charge in [0.15, 0.2) is 0 Å². The van der Waals surface area contributed by atoms with Crippen LogP contribution in [-0.2, 0) is 36.1 Å². The molecule has 0 unspecified atom stereocenters. The fourth-order valence-electron chi connectivity index (χ4n) is 6.78. The van der Waals surface area contributed by atoms with Crippen molar-refractivity contribution >= 4 is 22.9 Å². The molecule has 1 amide bonds. The summed E-state index contributed by atoms with van der Waals surface area (Å²) in [6.07, 6.45) is 6.16. The molecule has 0 spiro atoms. The molecule has 1 N–H and O–H groups in total. The fourth-order valence-corrected chi connectivity index (χ4v) is 6.78. The summed E-state index contributed by atoms with van der Waals surface area (Å²) in [6, 6.07) is 18.6. The molecule has 212 valence electrons. The third kappa shape index (κ3) is 4.81. The fraction of sp³-hybridized carbons (Fsp3) is 0.412. The Morgan fingerprint density at radius 1 is 0.951 bits per heavy atom. The maximum absolute atomic E-state index is 13.5. The zero-order valence-electron chi connectivity index (χ0n) is 24.2. The smallest absolute Gasteiger partial charge is 0.307 e. The molecule has 0 fully saturated rings. The average Bonchev–Trinajstić information content (AvgIpc) is 3.41. The Bertz CT molecular complexity index is 1620. The van der Waals surface area contributed by atoms with E-state index >= 15 is 0 Å². The minimum absolute atomic E-state index is 0.0424. The normalized spacial score (nSPS) is 20.4. The molecule has 7 heteroatoms. The van der Waals surface area contributed by atoms with Gasteiger partial charge in [-0.15, -0.1) is 5.10 Å². The van der Waals surface area contributed by atoms with Crippen molar-refractivity contribution in [2.24, 2.45) is 5.92 Å². The topological polar surface area (TPSA) is 88.3 Å². The van der Waals surface area contributed by atoms with Crippen LogP contribution in [0, 0.1) is 12.8 Å². The number of amides is 1. The van der Waals surface area contributed by atoms with Crippen LogP contribution in [0.3, 0.4) is 0 Å². The SMILES string of the molecule is Cc1c2ccc3c1nnn3CCCCCCc1ccc(cc1)C(=O)N1CCc3ccc(cc3C1)[C@]2(C)[C@H](C)C(=O)O. The number of benzene rings is 3. The van der Waals surface area contributed by atoms with E-state index in [9.17, 15) is 14.7 Å². The minimum atomic E-state index is -0.852. The van der Waals surface area contributed by atoms with Gasteiger partial charge in [-0.05, 0) is 84.2 Å². The number of rotatable bonds is 2. The van der Waals surface area contributed by atoms with Crippen LogP contribution in [0.25, 0.3) is 11.0 Å². The molecule has 9 rings (SSSR count). The summed E-state index contributed by atoms with van der Waals surface area (Å²) >= 11 is 0. The molecule has 0 aliphatic carbocycles. The van der Waals surface area contributed by atoms with Gasteiger partial charge >= 0.3 is 5.97 Å². The van der Waals surface area contributed by atoms with Gasteiger partial charge in [0.2, 0.25) is 0 Å². The standard InChI is InChI=1S/C34H38N4O3/c1-22-29-15-16-30-31(22)35-36-38(30)18-7-5-4-6-8-24-9-11-26(12-10-24)32(39)37-19-17-25-13-14-28(20-27(25)21-37)34(29,3)23(2)33(40)41/h9-16,20,23H,4-8,17-19,21H2,1-3H3,(H,40,41)/t23-,34+/m1/s1. The molecular formula is C34H38N4O3. The van der Waals surface area contributed by atoms with Crippen molar-refractivity contribution in [3.63, 3.8) is 0 Å².